The Morgan fingerprint density at radius 2 is 1.59 bits per heavy atom. The first-order valence-corrected chi connectivity index (χ1v) is 11.9. The predicted molar refractivity (Wildman–Crippen MR) is 80.8 cm³/mol. The zero-order chi connectivity index (χ0) is 16.3. The number of hydrogen-bond acceptors (Lipinski definition) is 0. The molecule has 3 rings (SSSR count). The van der Waals surface area contributed by atoms with Crippen LogP contribution in [-0.2, 0) is 29.7 Å². The molecule has 0 atom stereocenters. The minimum absolute atomic E-state index is 0.163. The standard InChI is InChI=1S/C16H11F3.2CH3.Zr/c1-9-5-10-3-2-4-12(13(10)6-9)16-14(18)7-11(17)8-15(16)19;;;/h2-4,6-8H,5H2,1H3;2*1H3;. The van der Waals surface area contributed by atoms with E-state index in [0.29, 0.717) is 17.7 Å². The number of halogens is 3. The van der Waals surface area contributed by atoms with E-state index in [1.165, 1.54) is 0 Å². The SMILES string of the molecule is CC1=Cc2c(cccc2-c2c(F)cc(F)cc2F)C1.[CH3][Zr][CH3]. The fourth-order valence-electron chi connectivity index (χ4n) is 2.55. The number of benzene rings is 2. The molecule has 114 valence electrons. The number of rotatable bonds is 1. The average molecular weight is 382 g/mol. The van der Waals surface area contributed by atoms with Gasteiger partial charge < -0.3 is 0 Å². The van der Waals surface area contributed by atoms with E-state index < -0.39 is 17.5 Å². The fraction of sp³-hybridized carbons (Fsp3) is 0.222. The van der Waals surface area contributed by atoms with Crippen LogP contribution < -0.4 is 0 Å². The molecule has 22 heavy (non-hydrogen) atoms. The van der Waals surface area contributed by atoms with Crippen LogP contribution in [0.3, 0.4) is 0 Å². The van der Waals surface area contributed by atoms with E-state index in [1.807, 2.05) is 19.1 Å². The second-order valence-corrected chi connectivity index (χ2v) is 7.75. The van der Waals surface area contributed by atoms with E-state index in [1.54, 1.807) is 12.1 Å². The first kappa shape index (κ1) is 17.2. The molecule has 0 radical (unpaired) electrons. The first-order chi connectivity index (χ1) is 10.5. The van der Waals surface area contributed by atoms with Crippen molar-refractivity contribution in [3.63, 3.8) is 0 Å². The van der Waals surface area contributed by atoms with Gasteiger partial charge in [0.25, 0.3) is 0 Å². The summed E-state index contributed by atoms with van der Waals surface area (Å²) < 4.78 is 45.3. The van der Waals surface area contributed by atoms with Gasteiger partial charge in [0.05, 0.1) is 5.56 Å². The summed E-state index contributed by atoms with van der Waals surface area (Å²) in [6, 6.07) is 6.79. The summed E-state index contributed by atoms with van der Waals surface area (Å²) in [4.78, 5) is 0. The van der Waals surface area contributed by atoms with Gasteiger partial charge >= 0.3 is 32.5 Å². The molecule has 0 spiro atoms. The van der Waals surface area contributed by atoms with Crippen molar-refractivity contribution >= 4 is 6.08 Å². The molecule has 0 aromatic heterocycles. The summed E-state index contributed by atoms with van der Waals surface area (Å²) in [6.45, 7) is 1.97. The summed E-state index contributed by atoms with van der Waals surface area (Å²) in [5.41, 5.74) is 3.32. The van der Waals surface area contributed by atoms with Gasteiger partial charge in [-0.15, -0.1) is 0 Å². The van der Waals surface area contributed by atoms with Crippen LogP contribution in [0, 0.1) is 17.5 Å². The van der Waals surface area contributed by atoms with Crippen molar-refractivity contribution in [3.05, 3.63) is 64.5 Å². The van der Waals surface area contributed by atoms with Gasteiger partial charge in [-0.1, -0.05) is 29.8 Å². The van der Waals surface area contributed by atoms with Crippen molar-refractivity contribution in [1.82, 2.24) is 0 Å². The van der Waals surface area contributed by atoms with Crippen LogP contribution in [-0.4, -0.2) is 0 Å². The van der Waals surface area contributed by atoms with Crippen LogP contribution >= 0.6 is 0 Å². The van der Waals surface area contributed by atoms with Gasteiger partial charge in [0.15, 0.2) is 0 Å². The molecular weight excluding hydrogens is 364 g/mol. The van der Waals surface area contributed by atoms with E-state index in [9.17, 15) is 13.2 Å². The van der Waals surface area contributed by atoms with E-state index in [0.717, 1.165) is 23.1 Å². The summed E-state index contributed by atoms with van der Waals surface area (Å²) in [7, 11) is 0. The van der Waals surface area contributed by atoms with Crippen LogP contribution in [0.1, 0.15) is 18.1 Å². The third-order valence-corrected chi connectivity index (χ3v) is 3.33. The monoisotopic (exact) mass is 380 g/mol. The van der Waals surface area contributed by atoms with Crippen molar-refractivity contribution in [2.24, 2.45) is 0 Å². The van der Waals surface area contributed by atoms with Crippen LogP contribution in [0.4, 0.5) is 13.2 Å². The number of hydrogen-bond donors (Lipinski definition) is 0. The molecule has 0 heterocycles. The Morgan fingerprint density at radius 3 is 2.18 bits per heavy atom. The summed E-state index contributed by atoms with van der Waals surface area (Å²) in [5.74, 6) is -2.65. The van der Waals surface area contributed by atoms with Crippen molar-refractivity contribution in [2.45, 2.75) is 22.6 Å². The Balaban J connectivity index is 0.000000545. The maximum atomic E-state index is 13.9. The van der Waals surface area contributed by atoms with Crippen molar-refractivity contribution in [2.75, 3.05) is 0 Å². The van der Waals surface area contributed by atoms with Gasteiger partial charge in [0, 0.05) is 12.1 Å². The number of fused-ring (bicyclic) bond motifs is 1. The Kier molecular flexibility index (Phi) is 5.80. The van der Waals surface area contributed by atoms with Crippen LogP contribution in [0.5, 0.6) is 0 Å². The molecule has 2 aromatic rings. The molecule has 0 saturated heterocycles. The second kappa shape index (κ2) is 7.41. The average Bonchev–Trinajstić information content (AvgIpc) is 2.79. The Morgan fingerprint density at radius 1 is 1.00 bits per heavy atom. The third-order valence-electron chi connectivity index (χ3n) is 3.33. The van der Waals surface area contributed by atoms with Gasteiger partial charge in [0.2, 0.25) is 0 Å². The Bertz CT molecular complexity index is 697. The van der Waals surface area contributed by atoms with Crippen LogP contribution in [0.25, 0.3) is 17.2 Å². The van der Waals surface area contributed by atoms with E-state index in [4.69, 9.17) is 0 Å². The third kappa shape index (κ3) is 3.60. The molecule has 4 heteroatoms. The van der Waals surface area contributed by atoms with Gasteiger partial charge in [-0.05, 0) is 30.0 Å². The molecule has 1 aliphatic carbocycles. The molecular formula is C18H17F3Zr. The summed E-state index contributed by atoms with van der Waals surface area (Å²) in [5, 5.41) is 0. The normalized spacial score (nSPS) is 12.2. The fourth-order valence-corrected chi connectivity index (χ4v) is 2.55. The molecule has 0 unspecified atom stereocenters. The predicted octanol–water partition coefficient (Wildman–Crippen LogP) is 5.90. The van der Waals surface area contributed by atoms with Crippen LogP contribution in [0.15, 0.2) is 35.9 Å². The second-order valence-electron chi connectivity index (χ2n) is 5.29. The quantitative estimate of drug-likeness (QED) is 0.577. The molecule has 1 aliphatic rings. The molecule has 0 fully saturated rings. The first-order valence-electron chi connectivity index (χ1n) is 7.00. The van der Waals surface area contributed by atoms with Crippen LogP contribution in [0.2, 0.25) is 9.26 Å². The zero-order valence-electron chi connectivity index (χ0n) is 12.8. The molecule has 0 N–H and O–H groups in total. The van der Waals surface area contributed by atoms with Crippen molar-refractivity contribution in [1.29, 1.82) is 0 Å². The molecule has 0 saturated carbocycles. The molecule has 0 amide bonds. The van der Waals surface area contributed by atoms with Gasteiger partial charge in [-0.25, -0.2) is 13.2 Å². The van der Waals surface area contributed by atoms with Gasteiger partial charge in [0.1, 0.15) is 17.5 Å². The Labute approximate surface area is 140 Å². The van der Waals surface area contributed by atoms with E-state index >= 15 is 0 Å². The minimum atomic E-state index is -0.905. The van der Waals surface area contributed by atoms with Gasteiger partial charge in [-0.3, -0.25) is 0 Å². The number of allylic oxidation sites excluding steroid dienone is 1. The zero-order valence-corrected chi connectivity index (χ0v) is 15.3. The molecule has 0 aliphatic heterocycles. The topological polar surface area (TPSA) is 0 Å². The van der Waals surface area contributed by atoms with Crippen molar-refractivity contribution < 1.29 is 36.4 Å². The molecule has 0 bridgehead atoms. The molecule has 0 nitrogen and oxygen atoms in total. The van der Waals surface area contributed by atoms with Gasteiger partial charge in [-0.2, -0.15) is 0 Å². The summed E-state index contributed by atoms with van der Waals surface area (Å²) >= 11 is 0.230. The van der Waals surface area contributed by atoms with E-state index in [2.05, 4.69) is 9.26 Å². The summed E-state index contributed by atoms with van der Waals surface area (Å²) in [6.07, 6.45) is 2.71. The molecule has 2 aromatic carbocycles. The Hall–Kier alpha value is -1.15. The van der Waals surface area contributed by atoms with Crippen molar-refractivity contribution in [3.8, 4) is 11.1 Å². The maximum absolute atomic E-state index is 13.9. The van der Waals surface area contributed by atoms with E-state index in [-0.39, 0.29) is 28.8 Å².